The molecular formula is C11H12BrN3O2S. The van der Waals surface area contributed by atoms with E-state index in [1.807, 2.05) is 6.92 Å². The average Bonchev–Trinajstić information content (AvgIpc) is 2.57. The molecule has 1 N–H and O–H groups in total. The van der Waals surface area contributed by atoms with Crippen LogP contribution in [-0.2, 0) is 17.1 Å². The highest BCUT2D eigenvalue weighted by Crippen LogP contribution is 2.19. The summed E-state index contributed by atoms with van der Waals surface area (Å²) < 4.78 is 28.9. The second-order valence-electron chi connectivity index (χ2n) is 3.86. The van der Waals surface area contributed by atoms with E-state index in [1.165, 1.54) is 12.1 Å². The third-order valence-electron chi connectivity index (χ3n) is 2.46. The molecular weight excluding hydrogens is 318 g/mol. The van der Waals surface area contributed by atoms with Gasteiger partial charge in [-0.15, -0.1) is 0 Å². The third kappa shape index (κ3) is 2.73. The van der Waals surface area contributed by atoms with Crippen LogP contribution in [0.4, 0.5) is 5.82 Å². The first-order valence-corrected chi connectivity index (χ1v) is 7.45. The highest BCUT2D eigenvalue weighted by molar-refractivity contribution is 9.10. The Balaban J connectivity index is 2.33. The number of hydrogen-bond donors (Lipinski definition) is 1. The van der Waals surface area contributed by atoms with Crippen molar-refractivity contribution in [1.82, 2.24) is 9.78 Å². The smallest absolute Gasteiger partial charge is 0.263 e. The van der Waals surface area contributed by atoms with Crippen LogP contribution in [0.15, 0.2) is 39.7 Å². The standard InChI is InChI=1S/C11H12BrN3O2S/c1-8-6-11(13-15(8)2)14-18(16,17)10-5-3-4-9(12)7-10/h3-7H,1-2H3,(H,13,14). The number of halogens is 1. The molecule has 1 aromatic heterocycles. The van der Waals surface area contributed by atoms with Gasteiger partial charge in [-0.3, -0.25) is 9.40 Å². The van der Waals surface area contributed by atoms with E-state index < -0.39 is 10.0 Å². The Bertz CT molecular complexity index is 660. The lowest BCUT2D eigenvalue weighted by Gasteiger charge is -2.05. The molecule has 0 amide bonds. The molecule has 1 aromatic carbocycles. The van der Waals surface area contributed by atoms with Crippen LogP contribution in [0.1, 0.15) is 5.69 Å². The molecule has 0 bridgehead atoms. The first-order chi connectivity index (χ1) is 8.38. The van der Waals surface area contributed by atoms with Gasteiger partial charge in [0.25, 0.3) is 10.0 Å². The summed E-state index contributed by atoms with van der Waals surface area (Å²) >= 11 is 3.24. The SMILES string of the molecule is Cc1cc(NS(=O)(=O)c2cccc(Br)c2)nn1C. The van der Waals surface area contributed by atoms with Gasteiger partial charge >= 0.3 is 0 Å². The average molecular weight is 330 g/mol. The molecule has 0 saturated heterocycles. The predicted octanol–water partition coefficient (Wildman–Crippen LogP) is 2.29. The number of rotatable bonds is 3. The lowest BCUT2D eigenvalue weighted by atomic mass is 10.4. The van der Waals surface area contributed by atoms with Crippen LogP contribution in [0, 0.1) is 6.92 Å². The lowest BCUT2D eigenvalue weighted by Crippen LogP contribution is -2.13. The number of anilines is 1. The highest BCUT2D eigenvalue weighted by atomic mass is 79.9. The summed E-state index contributed by atoms with van der Waals surface area (Å²) in [7, 11) is -1.84. The van der Waals surface area contributed by atoms with Crippen molar-refractivity contribution < 1.29 is 8.42 Å². The first kappa shape index (κ1) is 13.1. The van der Waals surface area contributed by atoms with Crippen molar-refractivity contribution in [3.8, 4) is 0 Å². The maximum atomic E-state index is 12.1. The summed E-state index contributed by atoms with van der Waals surface area (Å²) in [5.41, 5.74) is 0.877. The molecule has 0 fully saturated rings. The van der Waals surface area contributed by atoms with Crippen molar-refractivity contribution in [3.05, 3.63) is 40.5 Å². The molecule has 7 heteroatoms. The van der Waals surface area contributed by atoms with Gasteiger partial charge in [0.1, 0.15) is 0 Å². The van der Waals surface area contributed by atoms with Crippen molar-refractivity contribution in [3.63, 3.8) is 0 Å². The molecule has 0 atom stereocenters. The number of hydrogen-bond acceptors (Lipinski definition) is 3. The number of benzene rings is 1. The van der Waals surface area contributed by atoms with Gasteiger partial charge in [-0.2, -0.15) is 5.10 Å². The van der Waals surface area contributed by atoms with E-state index >= 15 is 0 Å². The van der Waals surface area contributed by atoms with Crippen molar-refractivity contribution in [2.45, 2.75) is 11.8 Å². The maximum Gasteiger partial charge on any atom is 0.263 e. The van der Waals surface area contributed by atoms with E-state index in [2.05, 4.69) is 25.8 Å². The van der Waals surface area contributed by atoms with Crippen LogP contribution in [0.25, 0.3) is 0 Å². The van der Waals surface area contributed by atoms with Gasteiger partial charge in [-0.25, -0.2) is 8.42 Å². The van der Waals surface area contributed by atoms with E-state index in [9.17, 15) is 8.42 Å². The molecule has 0 radical (unpaired) electrons. The molecule has 0 aliphatic carbocycles. The van der Waals surface area contributed by atoms with Crippen LogP contribution in [-0.4, -0.2) is 18.2 Å². The van der Waals surface area contributed by atoms with E-state index in [1.54, 1.807) is 29.9 Å². The zero-order valence-electron chi connectivity index (χ0n) is 9.88. The summed E-state index contributed by atoms with van der Waals surface area (Å²) in [5, 5.41) is 4.06. The van der Waals surface area contributed by atoms with Crippen molar-refractivity contribution in [1.29, 1.82) is 0 Å². The predicted molar refractivity (Wildman–Crippen MR) is 72.9 cm³/mol. The largest absolute Gasteiger partial charge is 0.271 e. The van der Waals surface area contributed by atoms with Gasteiger partial charge in [0.05, 0.1) is 4.90 Å². The molecule has 0 aliphatic heterocycles. The zero-order chi connectivity index (χ0) is 13.3. The topological polar surface area (TPSA) is 64.0 Å². The third-order valence-corrected chi connectivity index (χ3v) is 4.30. The van der Waals surface area contributed by atoms with Gasteiger partial charge in [0.2, 0.25) is 0 Å². The summed E-state index contributed by atoms with van der Waals surface area (Å²) in [6.45, 7) is 1.85. The Morgan fingerprint density at radius 2 is 2.06 bits per heavy atom. The molecule has 1 heterocycles. The van der Waals surface area contributed by atoms with Crippen LogP contribution in [0.2, 0.25) is 0 Å². The molecule has 0 spiro atoms. The quantitative estimate of drug-likeness (QED) is 0.939. The fraction of sp³-hybridized carbons (Fsp3) is 0.182. The normalized spacial score (nSPS) is 11.5. The molecule has 2 aromatic rings. The summed E-state index contributed by atoms with van der Waals surface area (Å²) in [4.78, 5) is 0.195. The summed E-state index contributed by atoms with van der Waals surface area (Å²) in [6.07, 6.45) is 0. The van der Waals surface area contributed by atoms with Gasteiger partial charge in [0.15, 0.2) is 5.82 Å². The number of sulfonamides is 1. The number of nitrogens with one attached hydrogen (secondary N) is 1. The molecule has 0 aliphatic rings. The number of aryl methyl sites for hydroxylation is 2. The van der Waals surface area contributed by atoms with E-state index in [0.717, 1.165) is 5.69 Å². The minimum Gasteiger partial charge on any atom is -0.271 e. The Hall–Kier alpha value is -1.34. The van der Waals surface area contributed by atoms with Gasteiger partial charge < -0.3 is 0 Å². The Kier molecular flexibility index (Phi) is 3.45. The summed E-state index contributed by atoms with van der Waals surface area (Å²) in [5.74, 6) is 0.315. The molecule has 5 nitrogen and oxygen atoms in total. The monoisotopic (exact) mass is 329 g/mol. The molecule has 0 unspecified atom stereocenters. The summed E-state index contributed by atoms with van der Waals surface area (Å²) in [6, 6.07) is 8.18. The fourth-order valence-corrected chi connectivity index (χ4v) is 3.02. The van der Waals surface area contributed by atoms with Crippen LogP contribution < -0.4 is 4.72 Å². The van der Waals surface area contributed by atoms with Crippen LogP contribution in [0.5, 0.6) is 0 Å². The van der Waals surface area contributed by atoms with Crippen molar-refractivity contribution in [2.24, 2.45) is 7.05 Å². The first-order valence-electron chi connectivity index (χ1n) is 5.17. The fourth-order valence-electron chi connectivity index (χ4n) is 1.44. The Morgan fingerprint density at radius 1 is 1.33 bits per heavy atom. The van der Waals surface area contributed by atoms with Gasteiger partial charge in [-0.1, -0.05) is 22.0 Å². The zero-order valence-corrected chi connectivity index (χ0v) is 12.3. The molecule has 18 heavy (non-hydrogen) atoms. The van der Waals surface area contributed by atoms with E-state index in [0.29, 0.717) is 10.3 Å². The lowest BCUT2D eigenvalue weighted by molar-refractivity contribution is 0.600. The van der Waals surface area contributed by atoms with Crippen molar-refractivity contribution >= 4 is 31.8 Å². The van der Waals surface area contributed by atoms with Gasteiger partial charge in [-0.05, 0) is 25.1 Å². The molecule has 2 rings (SSSR count). The number of aromatic nitrogens is 2. The molecule has 0 saturated carbocycles. The van der Waals surface area contributed by atoms with Crippen molar-refractivity contribution in [2.75, 3.05) is 4.72 Å². The Morgan fingerprint density at radius 3 is 2.61 bits per heavy atom. The van der Waals surface area contributed by atoms with E-state index in [-0.39, 0.29) is 4.90 Å². The van der Waals surface area contributed by atoms with Crippen LogP contribution in [0.3, 0.4) is 0 Å². The highest BCUT2D eigenvalue weighted by Gasteiger charge is 2.16. The second-order valence-corrected chi connectivity index (χ2v) is 6.46. The van der Waals surface area contributed by atoms with Gasteiger partial charge in [0, 0.05) is 23.3 Å². The second kappa shape index (κ2) is 4.74. The maximum absolute atomic E-state index is 12.1. The minimum absolute atomic E-state index is 0.195. The Labute approximate surface area is 114 Å². The molecule has 96 valence electrons. The van der Waals surface area contributed by atoms with E-state index in [4.69, 9.17) is 0 Å². The minimum atomic E-state index is -3.60. The number of nitrogens with zero attached hydrogens (tertiary/aromatic N) is 2. The van der Waals surface area contributed by atoms with Crippen LogP contribution >= 0.6 is 15.9 Å².